The van der Waals surface area contributed by atoms with Crippen molar-refractivity contribution in [2.45, 2.75) is 0 Å². The van der Waals surface area contributed by atoms with Gasteiger partial charge in [-0.05, 0) is 23.8 Å². The van der Waals surface area contributed by atoms with E-state index >= 15 is 0 Å². The quantitative estimate of drug-likeness (QED) is 0.188. The summed E-state index contributed by atoms with van der Waals surface area (Å²) >= 11 is 0. The average Bonchev–Trinajstić information content (AvgIpc) is 3.77. The van der Waals surface area contributed by atoms with Crippen LogP contribution in [0.3, 0.4) is 0 Å². The summed E-state index contributed by atoms with van der Waals surface area (Å²) in [5.74, 6) is 0.666. The normalized spacial score (nSPS) is 11.6. The topological polar surface area (TPSA) is 52.1 Å². The van der Waals surface area contributed by atoms with Gasteiger partial charge >= 0.3 is 0 Å². The average molecular weight is 641 g/mol. The van der Waals surface area contributed by atoms with Crippen molar-refractivity contribution in [2.75, 3.05) is 0 Å². The molecule has 10 aromatic rings. The molecule has 50 heavy (non-hydrogen) atoms. The maximum Gasteiger partial charge on any atom is 0.160 e. The van der Waals surface area contributed by atoms with Gasteiger partial charge in [0.1, 0.15) is 22.3 Å². The molecule has 4 nitrogen and oxygen atoms in total. The largest absolute Gasteiger partial charge is 0.455 e. The molecule has 0 spiro atoms. The first-order valence-electron chi connectivity index (χ1n) is 16.7. The second-order valence-electron chi connectivity index (χ2n) is 12.5. The molecule has 7 aromatic carbocycles. The van der Waals surface area contributed by atoms with Crippen molar-refractivity contribution in [1.82, 2.24) is 9.97 Å². The van der Waals surface area contributed by atoms with E-state index in [4.69, 9.17) is 18.8 Å². The van der Waals surface area contributed by atoms with Crippen LogP contribution >= 0.6 is 0 Å². The Kier molecular flexibility index (Phi) is 6.46. The standard InChI is InChI=1S/C46H28N2O2/c1-3-14-29(15-4-1)39-28-40(48-46(47-39)30-16-5-2-6-17-30)37-24-11-20-33(36-23-12-21-34-31-18-7-9-26-41(31)49-44(34)36)43(37)38-25-13-22-35-32-19-8-10-27-42(32)50-45(35)38/h1-28H. The highest BCUT2D eigenvalue weighted by atomic mass is 16.3. The summed E-state index contributed by atoms with van der Waals surface area (Å²) in [6.07, 6.45) is 0. The van der Waals surface area contributed by atoms with E-state index < -0.39 is 0 Å². The van der Waals surface area contributed by atoms with Crippen molar-refractivity contribution in [3.05, 3.63) is 170 Å². The van der Waals surface area contributed by atoms with Gasteiger partial charge in [0.2, 0.25) is 0 Å². The Balaban J connectivity index is 1.32. The molecule has 3 aromatic heterocycles. The molecule has 4 heteroatoms. The number of hydrogen-bond donors (Lipinski definition) is 0. The smallest absolute Gasteiger partial charge is 0.160 e. The van der Waals surface area contributed by atoms with Crippen LogP contribution in [0, 0.1) is 0 Å². The molecule has 0 saturated heterocycles. The van der Waals surface area contributed by atoms with E-state index in [0.29, 0.717) is 5.82 Å². The SMILES string of the molecule is c1ccc(-c2cc(-c3cccc(-c4cccc5c4oc4ccccc45)c3-c3cccc4c3oc3ccccc34)nc(-c3ccccc3)n2)cc1. The van der Waals surface area contributed by atoms with E-state index in [1.165, 1.54) is 0 Å². The van der Waals surface area contributed by atoms with E-state index in [0.717, 1.165) is 94.2 Å². The fraction of sp³-hybridized carbons (Fsp3) is 0. The van der Waals surface area contributed by atoms with Crippen LogP contribution in [0.2, 0.25) is 0 Å². The van der Waals surface area contributed by atoms with E-state index in [9.17, 15) is 0 Å². The lowest BCUT2D eigenvalue weighted by molar-refractivity contribution is 0.669. The molecule has 0 saturated carbocycles. The zero-order chi connectivity index (χ0) is 33.0. The summed E-state index contributed by atoms with van der Waals surface area (Å²) < 4.78 is 13.3. The molecule has 0 aliphatic carbocycles. The Bertz CT molecular complexity index is 2810. The first-order chi connectivity index (χ1) is 24.8. The van der Waals surface area contributed by atoms with Gasteiger partial charge < -0.3 is 8.83 Å². The number of nitrogens with zero attached hydrogens (tertiary/aromatic N) is 2. The predicted octanol–water partition coefficient (Wildman–Crippen LogP) is 12.6. The highest BCUT2D eigenvalue weighted by Crippen LogP contribution is 2.47. The molecule has 3 heterocycles. The summed E-state index contributed by atoms with van der Waals surface area (Å²) in [5, 5.41) is 4.33. The minimum atomic E-state index is 0.666. The maximum absolute atomic E-state index is 6.69. The van der Waals surface area contributed by atoms with Crippen molar-refractivity contribution >= 4 is 43.9 Å². The highest BCUT2D eigenvalue weighted by Gasteiger charge is 2.23. The first kappa shape index (κ1) is 28.3. The molecule has 0 N–H and O–H groups in total. The van der Waals surface area contributed by atoms with Gasteiger partial charge in [-0.15, -0.1) is 0 Å². The van der Waals surface area contributed by atoms with E-state index in [1.54, 1.807) is 0 Å². The molecule has 0 aliphatic rings. The Morgan fingerprint density at radius 1 is 0.340 bits per heavy atom. The lowest BCUT2D eigenvalue weighted by atomic mass is 9.87. The van der Waals surface area contributed by atoms with Gasteiger partial charge in [0.15, 0.2) is 5.82 Å². The van der Waals surface area contributed by atoms with Crippen molar-refractivity contribution in [2.24, 2.45) is 0 Å². The van der Waals surface area contributed by atoms with Crippen LogP contribution in [-0.4, -0.2) is 9.97 Å². The molecule has 10 rings (SSSR count). The maximum atomic E-state index is 6.69. The van der Waals surface area contributed by atoms with E-state index in [-0.39, 0.29) is 0 Å². The van der Waals surface area contributed by atoms with Crippen LogP contribution in [0.25, 0.3) is 100 Å². The second kappa shape index (κ2) is 11.4. The molecule has 234 valence electrons. The van der Waals surface area contributed by atoms with Gasteiger partial charge in [-0.2, -0.15) is 0 Å². The zero-order valence-corrected chi connectivity index (χ0v) is 26.9. The van der Waals surface area contributed by atoms with Crippen molar-refractivity contribution < 1.29 is 8.83 Å². The van der Waals surface area contributed by atoms with Gasteiger partial charge in [-0.3, -0.25) is 0 Å². The third kappa shape index (κ3) is 4.54. The second-order valence-corrected chi connectivity index (χ2v) is 12.5. The monoisotopic (exact) mass is 640 g/mol. The fourth-order valence-corrected chi connectivity index (χ4v) is 7.24. The van der Waals surface area contributed by atoms with Crippen LogP contribution in [0.15, 0.2) is 179 Å². The van der Waals surface area contributed by atoms with Gasteiger partial charge in [0.05, 0.1) is 11.4 Å². The number of para-hydroxylation sites is 4. The number of furan rings is 2. The summed E-state index contributed by atoms with van der Waals surface area (Å²) in [6.45, 7) is 0. The Hall–Kier alpha value is -6.78. The Labute approximate surface area is 287 Å². The zero-order valence-electron chi connectivity index (χ0n) is 26.9. The van der Waals surface area contributed by atoms with Gasteiger partial charge in [0, 0.05) is 54.9 Å². The van der Waals surface area contributed by atoms with E-state index in [2.05, 4.69) is 109 Å². The lowest BCUT2D eigenvalue weighted by Crippen LogP contribution is -1.98. The third-order valence-electron chi connectivity index (χ3n) is 9.54. The summed E-state index contributed by atoms with van der Waals surface area (Å²) in [4.78, 5) is 10.4. The predicted molar refractivity (Wildman–Crippen MR) is 204 cm³/mol. The number of fused-ring (bicyclic) bond motifs is 6. The molecule has 0 atom stereocenters. The van der Waals surface area contributed by atoms with Crippen molar-refractivity contribution in [1.29, 1.82) is 0 Å². The Morgan fingerprint density at radius 2 is 0.820 bits per heavy atom. The van der Waals surface area contributed by atoms with Crippen LogP contribution in [0.1, 0.15) is 0 Å². The van der Waals surface area contributed by atoms with Gasteiger partial charge in [-0.25, -0.2) is 9.97 Å². The number of rotatable bonds is 5. The van der Waals surface area contributed by atoms with Crippen molar-refractivity contribution in [3.63, 3.8) is 0 Å². The van der Waals surface area contributed by atoms with Crippen LogP contribution in [0.5, 0.6) is 0 Å². The van der Waals surface area contributed by atoms with Crippen molar-refractivity contribution in [3.8, 4) is 56.2 Å². The lowest BCUT2D eigenvalue weighted by Gasteiger charge is -2.17. The molecular formula is C46H28N2O2. The van der Waals surface area contributed by atoms with Crippen LogP contribution < -0.4 is 0 Å². The molecular weight excluding hydrogens is 613 g/mol. The highest BCUT2D eigenvalue weighted by molar-refractivity contribution is 6.15. The fourth-order valence-electron chi connectivity index (χ4n) is 7.24. The first-order valence-corrected chi connectivity index (χ1v) is 16.7. The number of hydrogen-bond acceptors (Lipinski definition) is 4. The minimum absolute atomic E-state index is 0.666. The molecule has 0 unspecified atom stereocenters. The molecule has 0 bridgehead atoms. The molecule has 0 amide bonds. The van der Waals surface area contributed by atoms with Crippen LogP contribution in [0.4, 0.5) is 0 Å². The van der Waals surface area contributed by atoms with Crippen LogP contribution in [-0.2, 0) is 0 Å². The number of aromatic nitrogens is 2. The molecule has 0 aliphatic heterocycles. The van der Waals surface area contributed by atoms with Gasteiger partial charge in [0.25, 0.3) is 0 Å². The summed E-state index contributed by atoms with van der Waals surface area (Å²) in [6, 6.07) is 58.3. The third-order valence-corrected chi connectivity index (χ3v) is 9.54. The van der Waals surface area contributed by atoms with Gasteiger partial charge in [-0.1, -0.05) is 152 Å². The summed E-state index contributed by atoms with van der Waals surface area (Å²) in [7, 11) is 0. The minimum Gasteiger partial charge on any atom is -0.455 e. The Morgan fingerprint density at radius 3 is 1.50 bits per heavy atom. The number of benzene rings is 7. The molecule has 0 fully saturated rings. The van der Waals surface area contributed by atoms with E-state index in [1.807, 2.05) is 60.7 Å². The molecule has 0 radical (unpaired) electrons. The summed E-state index contributed by atoms with van der Waals surface area (Å²) in [5.41, 5.74) is 12.1.